The molecule has 19 heavy (non-hydrogen) atoms. The summed E-state index contributed by atoms with van der Waals surface area (Å²) in [4.78, 5) is 4.64. The molecule has 1 unspecified atom stereocenters. The Morgan fingerprint density at radius 1 is 1.11 bits per heavy atom. The molecule has 0 saturated carbocycles. The molecular formula is C15H24N2O2. The fourth-order valence-corrected chi connectivity index (χ4v) is 2.81. The largest absolute Gasteiger partial charge is 0.394 e. The quantitative estimate of drug-likeness (QED) is 0.843. The molecule has 1 heterocycles. The molecule has 2 N–H and O–H groups in total. The van der Waals surface area contributed by atoms with Crippen LogP contribution in [-0.4, -0.2) is 60.5 Å². The maximum atomic E-state index is 9.48. The van der Waals surface area contributed by atoms with Crippen LogP contribution in [0.4, 0.5) is 5.69 Å². The molecule has 1 fully saturated rings. The fourth-order valence-electron chi connectivity index (χ4n) is 2.81. The molecule has 0 aliphatic carbocycles. The third-order valence-electron chi connectivity index (χ3n) is 3.81. The molecule has 1 aromatic rings. The van der Waals surface area contributed by atoms with E-state index in [2.05, 4.69) is 41.8 Å². The van der Waals surface area contributed by atoms with Crippen molar-refractivity contribution in [3.8, 4) is 0 Å². The van der Waals surface area contributed by atoms with E-state index in [0.717, 1.165) is 26.2 Å². The predicted molar refractivity (Wildman–Crippen MR) is 77.7 cm³/mol. The number of aliphatic hydroxyl groups excluding tert-OH is 2. The number of piperazine rings is 1. The first-order valence-corrected chi connectivity index (χ1v) is 6.94. The lowest BCUT2D eigenvalue weighted by Gasteiger charge is -2.38. The van der Waals surface area contributed by atoms with Gasteiger partial charge in [0.15, 0.2) is 0 Å². The molecule has 4 nitrogen and oxygen atoms in total. The van der Waals surface area contributed by atoms with E-state index in [1.807, 2.05) is 0 Å². The summed E-state index contributed by atoms with van der Waals surface area (Å²) in [5.41, 5.74) is 4.00. The number of para-hydroxylation sites is 1. The van der Waals surface area contributed by atoms with Crippen molar-refractivity contribution in [3.05, 3.63) is 29.3 Å². The number of anilines is 1. The molecule has 0 radical (unpaired) electrons. The third kappa shape index (κ3) is 3.47. The van der Waals surface area contributed by atoms with Crippen molar-refractivity contribution >= 4 is 5.69 Å². The Balaban J connectivity index is 1.96. The summed E-state index contributed by atoms with van der Waals surface area (Å²) in [6.07, 6.45) is -0.619. The number of hydrogen-bond donors (Lipinski definition) is 2. The second-order valence-corrected chi connectivity index (χ2v) is 5.36. The summed E-state index contributed by atoms with van der Waals surface area (Å²) in [6, 6.07) is 6.41. The standard InChI is InChI=1S/C15H24N2O2/c1-12-4-3-5-13(2)15(12)17-8-6-16(7-9-17)10-14(19)11-18/h3-5,14,18-19H,6-11H2,1-2H3. The molecule has 0 spiro atoms. The Labute approximate surface area is 115 Å². The lowest BCUT2D eigenvalue weighted by Crippen LogP contribution is -2.49. The highest BCUT2D eigenvalue weighted by Gasteiger charge is 2.20. The van der Waals surface area contributed by atoms with E-state index in [4.69, 9.17) is 5.11 Å². The molecule has 1 aliphatic heterocycles. The minimum Gasteiger partial charge on any atom is -0.394 e. The van der Waals surface area contributed by atoms with Crippen LogP contribution in [0.1, 0.15) is 11.1 Å². The molecule has 0 aromatic heterocycles. The van der Waals surface area contributed by atoms with Crippen LogP contribution in [0.25, 0.3) is 0 Å². The SMILES string of the molecule is Cc1cccc(C)c1N1CCN(CC(O)CO)CC1. The first-order chi connectivity index (χ1) is 9.11. The number of β-amino-alcohol motifs (C(OH)–C–C–N with tert-alkyl or cyclic N) is 1. The molecule has 1 aliphatic rings. The van der Waals surface area contributed by atoms with Crippen molar-refractivity contribution in [1.29, 1.82) is 0 Å². The summed E-state index contributed by atoms with van der Waals surface area (Å²) in [5, 5.41) is 18.4. The Morgan fingerprint density at radius 3 is 2.21 bits per heavy atom. The highest BCUT2D eigenvalue weighted by molar-refractivity contribution is 5.59. The van der Waals surface area contributed by atoms with Gasteiger partial charge in [0.05, 0.1) is 12.7 Å². The zero-order valence-electron chi connectivity index (χ0n) is 11.8. The van der Waals surface area contributed by atoms with Gasteiger partial charge in [-0.05, 0) is 25.0 Å². The summed E-state index contributed by atoms with van der Waals surface area (Å²) in [6.45, 7) is 8.55. The first-order valence-electron chi connectivity index (χ1n) is 6.94. The van der Waals surface area contributed by atoms with Gasteiger partial charge in [0.2, 0.25) is 0 Å². The van der Waals surface area contributed by atoms with Gasteiger partial charge < -0.3 is 15.1 Å². The summed E-state index contributed by atoms with van der Waals surface area (Å²) in [7, 11) is 0. The zero-order chi connectivity index (χ0) is 13.8. The van der Waals surface area contributed by atoms with E-state index in [0.29, 0.717) is 6.54 Å². The van der Waals surface area contributed by atoms with Crippen LogP contribution < -0.4 is 4.90 Å². The van der Waals surface area contributed by atoms with E-state index in [1.165, 1.54) is 16.8 Å². The fraction of sp³-hybridized carbons (Fsp3) is 0.600. The van der Waals surface area contributed by atoms with Gasteiger partial charge in [0.1, 0.15) is 0 Å². The molecular weight excluding hydrogens is 240 g/mol. The summed E-state index contributed by atoms with van der Waals surface area (Å²) >= 11 is 0. The van der Waals surface area contributed by atoms with Crippen molar-refractivity contribution in [2.75, 3.05) is 44.2 Å². The van der Waals surface area contributed by atoms with Gasteiger partial charge in [-0.1, -0.05) is 18.2 Å². The van der Waals surface area contributed by atoms with Gasteiger partial charge in [-0.2, -0.15) is 0 Å². The van der Waals surface area contributed by atoms with E-state index in [9.17, 15) is 5.11 Å². The molecule has 0 amide bonds. The smallest absolute Gasteiger partial charge is 0.0897 e. The highest BCUT2D eigenvalue weighted by atomic mass is 16.3. The summed E-state index contributed by atoms with van der Waals surface area (Å²) < 4.78 is 0. The Morgan fingerprint density at radius 2 is 1.68 bits per heavy atom. The normalized spacial score (nSPS) is 18.6. The van der Waals surface area contributed by atoms with Crippen molar-refractivity contribution in [1.82, 2.24) is 4.90 Å². The van der Waals surface area contributed by atoms with Crippen LogP contribution in [0, 0.1) is 13.8 Å². The van der Waals surface area contributed by atoms with Crippen molar-refractivity contribution in [3.63, 3.8) is 0 Å². The molecule has 1 aromatic carbocycles. The average molecular weight is 264 g/mol. The van der Waals surface area contributed by atoms with Crippen LogP contribution in [0.2, 0.25) is 0 Å². The van der Waals surface area contributed by atoms with Crippen LogP contribution in [0.3, 0.4) is 0 Å². The summed E-state index contributed by atoms with van der Waals surface area (Å²) in [5.74, 6) is 0. The molecule has 4 heteroatoms. The van der Waals surface area contributed by atoms with Gasteiger partial charge in [-0.15, -0.1) is 0 Å². The number of aliphatic hydroxyl groups is 2. The predicted octanol–water partition coefficient (Wildman–Crippen LogP) is 0.779. The van der Waals surface area contributed by atoms with Crippen LogP contribution in [0.5, 0.6) is 0 Å². The van der Waals surface area contributed by atoms with Gasteiger partial charge >= 0.3 is 0 Å². The van der Waals surface area contributed by atoms with Gasteiger partial charge in [0.25, 0.3) is 0 Å². The topological polar surface area (TPSA) is 46.9 Å². The molecule has 1 saturated heterocycles. The number of nitrogens with zero attached hydrogens (tertiary/aromatic N) is 2. The maximum absolute atomic E-state index is 9.48. The molecule has 106 valence electrons. The minimum absolute atomic E-state index is 0.156. The first kappa shape index (κ1) is 14.3. The number of benzene rings is 1. The van der Waals surface area contributed by atoms with E-state index >= 15 is 0 Å². The van der Waals surface area contributed by atoms with Gasteiger partial charge in [-0.25, -0.2) is 0 Å². The van der Waals surface area contributed by atoms with Crippen molar-refractivity contribution < 1.29 is 10.2 Å². The Hall–Kier alpha value is -1.10. The third-order valence-corrected chi connectivity index (χ3v) is 3.81. The van der Waals surface area contributed by atoms with E-state index in [1.54, 1.807) is 0 Å². The van der Waals surface area contributed by atoms with Crippen LogP contribution in [-0.2, 0) is 0 Å². The molecule has 0 bridgehead atoms. The van der Waals surface area contributed by atoms with Crippen LogP contribution in [0.15, 0.2) is 18.2 Å². The number of aryl methyl sites for hydroxylation is 2. The Bertz CT molecular complexity index is 394. The minimum atomic E-state index is -0.619. The van der Waals surface area contributed by atoms with Gasteiger partial charge in [0, 0.05) is 38.4 Å². The van der Waals surface area contributed by atoms with Crippen molar-refractivity contribution in [2.24, 2.45) is 0 Å². The highest BCUT2D eigenvalue weighted by Crippen LogP contribution is 2.25. The second kappa shape index (κ2) is 6.37. The lowest BCUT2D eigenvalue weighted by atomic mass is 10.1. The van der Waals surface area contributed by atoms with Crippen LogP contribution >= 0.6 is 0 Å². The molecule has 2 rings (SSSR count). The Kier molecular flexibility index (Phi) is 4.80. The zero-order valence-corrected chi connectivity index (χ0v) is 11.8. The van der Waals surface area contributed by atoms with Gasteiger partial charge in [-0.3, -0.25) is 4.90 Å². The average Bonchev–Trinajstić information content (AvgIpc) is 2.40. The number of rotatable bonds is 4. The maximum Gasteiger partial charge on any atom is 0.0897 e. The monoisotopic (exact) mass is 264 g/mol. The van der Waals surface area contributed by atoms with E-state index in [-0.39, 0.29) is 6.61 Å². The second-order valence-electron chi connectivity index (χ2n) is 5.36. The lowest BCUT2D eigenvalue weighted by molar-refractivity contribution is 0.0575. The van der Waals surface area contributed by atoms with E-state index < -0.39 is 6.10 Å². The molecule has 1 atom stereocenters. The number of hydrogen-bond acceptors (Lipinski definition) is 4. The van der Waals surface area contributed by atoms with Crippen molar-refractivity contribution in [2.45, 2.75) is 20.0 Å².